The standard InChI is InChI=1S/C12H9ClN4/c13-10-2-1-5-15-12(10)17-11-6-9(14)4-3-8(11)7-16-17/h1-7H,14H2. The molecule has 84 valence electrons. The van der Waals surface area contributed by atoms with E-state index < -0.39 is 0 Å². The van der Waals surface area contributed by atoms with E-state index in [1.165, 1.54) is 0 Å². The molecule has 3 rings (SSSR count). The van der Waals surface area contributed by atoms with E-state index in [1.807, 2.05) is 18.2 Å². The summed E-state index contributed by atoms with van der Waals surface area (Å²) < 4.78 is 1.69. The summed E-state index contributed by atoms with van der Waals surface area (Å²) in [5, 5.41) is 5.84. The van der Waals surface area contributed by atoms with Crippen LogP contribution >= 0.6 is 11.6 Å². The number of halogens is 1. The maximum Gasteiger partial charge on any atom is 0.172 e. The smallest absolute Gasteiger partial charge is 0.172 e. The molecule has 0 bridgehead atoms. The van der Waals surface area contributed by atoms with Gasteiger partial charge in [0.2, 0.25) is 0 Å². The normalized spacial score (nSPS) is 10.9. The summed E-state index contributed by atoms with van der Waals surface area (Å²) in [6.45, 7) is 0. The molecule has 0 aliphatic heterocycles. The molecule has 0 atom stereocenters. The highest BCUT2D eigenvalue weighted by atomic mass is 35.5. The van der Waals surface area contributed by atoms with Gasteiger partial charge in [-0.3, -0.25) is 0 Å². The number of rotatable bonds is 1. The molecule has 0 aliphatic carbocycles. The molecule has 0 unspecified atom stereocenters. The minimum atomic E-state index is 0.555. The van der Waals surface area contributed by atoms with E-state index in [1.54, 1.807) is 29.2 Å². The molecule has 3 aromatic rings. The van der Waals surface area contributed by atoms with Gasteiger partial charge in [-0.1, -0.05) is 11.6 Å². The van der Waals surface area contributed by atoms with Crippen molar-refractivity contribution in [2.24, 2.45) is 0 Å². The van der Waals surface area contributed by atoms with Gasteiger partial charge in [0.25, 0.3) is 0 Å². The number of nitrogen functional groups attached to an aromatic ring is 1. The van der Waals surface area contributed by atoms with E-state index >= 15 is 0 Å². The SMILES string of the molecule is Nc1ccc2cnn(-c3ncccc3Cl)c2c1. The van der Waals surface area contributed by atoms with Crippen molar-refractivity contribution < 1.29 is 0 Å². The highest BCUT2D eigenvalue weighted by Gasteiger charge is 2.09. The molecule has 2 N–H and O–H groups in total. The second-order valence-electron chi connectivity index (χ2n) is 3.68. The predicted octanol–water partition coefficient (Wildman–Crippen LogP) is 2.66. The molecule has 17 heavy (non-hydrogen) atoms. The van der Waals surface area contributed by atoms with Crippen molar-refractivity contribution in [1.82, 2.24) is 14.8 Å². The Morgan fingerprint density at radius 2 is 2.12 bits per heavy atom. The van der Waals surface area contributed by atoms with Gasteiger partial charge in [0.15, 0.2) is 5.82 Å². The Labute approximate surface area is 103 Å². The number of pyridine rings is 1. The van der Waals surface area contributed by atoms with Gasteiger partial charge < -0.3 is 5.73 Å². The molecular formula is C12H9ClN4. The topological polar surface area (TPSA) is 56.7 Å². The lowest BCUT2D eigenvalue weighted by molar-refractivity contribution is 0.875. The van der Waals surface area contributed by atoms with Gasteiger partial charge in [-0.25, -0.2) is 9.67 Å². The van der Waals surface area contributed by atoms with E-state index in [9.17, 15) is 0 Å². The van der Waals surface area contributed by atoms with Crippen LogP contribution in [-0.4, -0.2) is 14.8 Å². The lowest BCUT2D eigenvalue weighted by Gasteiger charge is -2.04. The third kappa shape index (κ3) is 1.62. The zero-order chi connectivity index (χ0) is 11.8. The quantitative estimate of drug-likeness (QED) is 0.670. The lowest BCUT2D eigenvalue weighted by atomic mass is 10.2. The second kappa shape index (κ2) is 3.75. The van der Waals surface area contributed by atoms with Crippen LogP contribution in [0.5, 0.6) is 0 Å². The second-order valence-corrected chi connectivity index (χ2v) is 4.09. The predicted molar refractivity (Wildman–Crippen MR) is 68.3 cm³/mol. The van der Waals surface area contributed by atoms with Crippen molar-refractivity contribution >= 4 is 28.2 Å². The maximum absolute atomic E-state index is 6.10. The first kappa shape index (κ1) is 10.1. The molecule has 5 heteroatoms. The summed E-state index contributed by atoms with van der Waals surface area (Å²) in [5.41, 5.74) is 7.35. The number of benzene rings is 1. The van der Waals surface area contributed by atoms with Crippen molar-refractivity contribution in [3.63, 3.8) is 0 Å². The van der Waals surface area contributed by atoms with E-state index in [-0.39, 0.29) is 0 Å². The summed E-state index contributed by atoms with van der Waals surface area (Å²) >= 11 is 6.10. The summed E-state index contributed by atoms with van der Waals surface area (Å²) in [6, 6.07) is 9.18. The first-order chi connectivity index (χ1) is 8.25. The zero-order valence-corrected chi connectivity index (χ0v) is 9.59. The molecule has 2 heterocycles. The third-order valence-corrected chi connectivity index (χ3v) is 2.83. The summed E-state index contributed by atoms with van der Waals surface area (Å²) in [5.74, 6) is 0.606. The minimum Gasteiger partial charge on any atom is -0.399 e. The van der Waals surface area contributed by atoms with Crippen molar-refractivity contribution in [2.75, 3.05) is 5.73 Å². The van der Waals surface area contributed by atoms with Crippen molar-refractivity contribution in [1.29, 1.82) is 0 Å². The van der Waals surface area contributed by atoms with Crippen molar-refractivity contribution in [2.45, 2.75) is 0 Å². The van der Waals surface area contributed by atoms with E-state index in [0.717, 1.165) is 10.9 Å². The van der Waals surface area contributed by atoms with E-state index in [0.29, 0.717) is 16.5 Å². The number of fused-ring (bicyclic) bond motifs is 1. The Bertz CT molecular complexity index is 690. The average molecular weight is 245 g/mol. The van der Waals surface area contributed by atoms with Crippen molar-refractivity contribution in [3.8, 4) is 5.82 Å². The largest absolute Gasteiger partial charge is 0.399 e. The summed E-state index contributed by atoms with van der Waals surface area (Å²) in [6.07, 6.45) is 3.45. The van der Waals surface area contributed by atoms with Crippen LogP contribution in [0, 0.1) is 0 Å². The van der Waals surface area contributed by atoms with Crippen LogP contribution < -0.4 is 5.73 Å². The summed E-state index contributed by atoms with van der Waals surface area (Å²) in [4.78, 5) is 4.23. The van der Waals surface area contributed by atoms with Crippen LogP contribution in [0.15, 0.2) is 42.7 Å². The van der Waals surface area contributed by atoms with Gasteiger partial charge in [0.05, 0.1) is 16.7 Å². The minimum absolute atomic E-state index is 0.555. The Hall–Kier alpha value is -2.07. The van der Waals surface area contributed by atoms with Gasteiger partial charge >= 0.3 is 0 Å². The molecule has 1 aromatic carbocycles. The van der Waals surface area contributed by atoms with Crippen molar-refractivity contribution in [3.05, 3.63) is 47.7 Å². The Morgan fingerprint density at radius 3 is 2.94 bits per heavy atom. The third-order valence-electron chi connectivity index (χ3n) is 2.53. The molecule has 0 spiro atoms. The first-order valence-electron chi connectivity index (χ1n) is 5.10. The fourth-order valence-corrected chi connectivity index (χ4v) is 1.94. The Kier molecular flexibility index (Phi) is 2.23. The maximum atomic E-state index is 6.10. The fraction of sp³-hybridized carbons (Fsp3) is 0. The fourth-order valence-electron chi connectivity index (χ4n) is 1.74. The van der Waals surface area contributed by atoms with Gasteiger partial charge in [-0.15, -0.1) is 0 Å². The average Bonchev–Trinajstić information content (AvgIpc) is 2.72. The van der Waals surface area contributed by atoms with Gasteiger partial charge in [0, 0.05) is 17.3 Å². The first-order valence-corrected chi connectivity index (χ1v) is 5.47. The number of hydrogen-bond donors (Lipinski definition) is 1. The monoisotopic (exact) mass is 244 g/mol. The van der Waals surface area contributed by atoms with Gasteiger partial charge in [-0.05, 0) is 30.3 Å². The highest BCUT2D eigenvalue weighted by Crippen LogP contribution is 2.23. The highest BCUT2D eigenvalue weighted by molar-refractivity contribution is 6.32. The number of hydrogen-bond acceptors (Lipinski definition) is 3. The summed E-state index contributed by atoms with van der Waals surface area (Å²) in [7, 11) is 0. The van der Waals surface area contributed by atoms with E-state index in [4.69, 9.17) is 17.3 Å². The Morgan fingerprint density at radius 1 is 1.24 bits per heavy atom. The molecule has 0 fully saturated rings. The lowest BCUT2D eigenvalue weighted by Crippen LogP contribution is -2.00. The van der Waals surface area contributed by atoms with Crippen LogP contribution in [0.25, 0.3) is 16.7 Å². The van der Waals surface area contributed by atoms with Crippen LogP contribution in [0.1, 0.15) is 0 Å². The van der Waals surface area contributed by atoms with E-state index in [2.05, 4.69) is 10.1 Å². The molecular weight excluding hydrogens is 236 g/mol. The van der Waals surface area contributed by atoms with Crippen LogP contribution in [0.2, 0.25) is 5.02 Å². The molecule has 2 aromatic heterocycles. The molecule has 0 radical (unpaired) electrons. The van der Waals surface area contributed by atoms with Crippen LogP contribution in [0.3, 0.4) is 0 Å². The number of anilines is 1. The van der Waals surface area contributed by atoms with Crippen LogP contribution in [-0.2, 0) is 0 Å². The number of nitrogens with two attached hydrogens (primary N) is 1. The molecule has 4 nitrogen and oxygen atoms in total. The molecule has 0 aliphatic rings. The zero-order valence-electron chi connectivity index (χ0n) is 8.84. The number of nitrogens with zero attached hydrogens (tertiary/aromatic N) is 3. The van der Waals surface area contributed by atoms with Gasteiger partial charge in [-0.2, -0.15) is 5.10 Å². The molecule has 0 saturated carbocycles. The van der Waals surface area contributed by atoms with Crippen LogP contribution in [0.4, 0.5) is 5.69 Å². The molecule has 0 amide bonds. The number of aromatic nitrogens is 3. The van der Waals surface area contributed by atoms with Gasteiger partial charge in [0.1, 0.15) is 0 Å². The Balaban J connectivity index is 2.31. The molecule has 0 saturated heterocycles.